The third-order valence-corrected chi connectivity index (χ3v) is 4.10. The summed E-state index contributed by atoms with van der Waals surface area (Å²) >= 11 is 5.79. The average molecular weight is 310 g/mol. The fourth-order valence-corrected chi connectivity index (χ4v) is 2.89. The first-order valence-electron chi connectivity index (χ1n) is 6.89. The molecule has 0 radical (unpaired) electrons. The van der Waals surface area contributed by atoms with E-state index in [2.05, 4.69) is 15.0 Å². The Balaban J connectivity index is 1.81. The van der Waals surface area contributed by atoms with E-state index >= 15 is 0 Å². The molecule has 1 aromatic carbocycles. The summed E-state index contributed by atoms with van der Waals surface area (Å²) in [5.41, 5.74) is 6.38. The molecular weight excluding hydrogens is 293 g/mol. The molecule has 2 aromatic rings. The van der Waals surface area contributed by atoms with E-state index in [0.717, 1.165) is 19.4 Å². The second-order valence-corrected chi connectivity index (χ2v) is 5.75. The first-order chi connectivity index (χ1) is 10.0. The van der Waals surface area contributed by atoms with Gasteiger partial charge in [0.15, 0.2) is 5.82 Å². The van der Waals surface area contributed by atoms with E-state index in [9.17, 15) is 4.39 Å². The topological polar surface area (TPSA) is 60.0 Å². The van der Waals surface area contributed by atoms with E-state index in [0.29, 0.717) is 28.9 Å². The molecular formula is C14H17ClFN5. The van der Waals surface area contributed by atoms with Crippen molar-refractivity contribution in [3.8, 4) is 0 Å². The van der Waals surface area contributed by atoms with Crippen molar-refractivity contribution in [3.63, 3.8) is 0 Å². The second-order valence-electron chi connectivity index (χ2n) is 5.32. The molecule has 1 aromatic heterocycles. The summed E-state index contributed by atoms with van der Waals surface area (Å²) in [4.78, 5) is 6.48. The highest BCUT2D eigenvalue weighted by Gasteiger charge is 2.30. The van der Waals surface area contributed by atoms with Crippen LogP contribution < -0.4 is 5.73 Å². The van der Waals surface area contributed by atoms with Crippen LogP contribution in [0.2, 0.25) is 5.02 Å². The first kappa shape index (κ1) is 14.3. The van der Waals surface area contributed by atoms with E-state index in [4.69, 9.17) is 17.3 Å². The van der Waals surface area contributed by atoms with Crippen LogP contribution in [0.5, 0.6) is 0 Å². The molecule has 0 amide bonds. The van der Waals surface area contributed by atoms with Gasteiger partial charge >= 0.3 is 0 Å². The molecule has 1 aliphatic rings. The summed E-state index contributed by atoms with van der Waals surface area (Å²) in [6.45, 7) is 1.41. The molecule has 21 heavy (non-hydrogen) atoms. The zero-order chi connectivity index (χ0) is 15.0. The van der Waals surface area contributed by atoms with Crippen LogP contribution >= 0.6 is 11.6 Å². The van der Waals surface area contributed by atoms with Crippen LogP contribution in [0, 0.1) is 5.82 Å². The molecule has 7 heteroatoms. The molecule has 0 spiro atoms. The summed E-state index contributed by atoms with van der Waals surface area (Å²) in [6, 6.07) is 4.87. The number of aryl methyl sites for hydroxylation is 1. The van der Waals surface area contributed by atoms with Gasteiger partial charge in [0, 0.05) is 24.2 Å². The number of anilines is 1. The highest BCUT2D eigenvalue weighted by molar-refractivity contribution is 6.30. The largest absolute Gasteiger partial charge is 0.368 e. The van der Waals surface area contributed by atoms with E-state index in [1.807, 2.05) is 0 Å². The van der Waals surface area contributed by atoms with Crippen LogP contribution in [0.15, 0.2) is 18.2 Å². The molecule has 0 bridgehead atoms. The minimum Gasteiger partial charge on any atom is -0.368 e. The number of nitrogen functional groups attached to an aromatic ring is 1. The lowest BCUT2D eigenvalue weighted by molar-refractivity contribution is 0.236. The van der Waals surface area contributed by atoms with Gasteiger partial charge in [-0.3, -0.25) is 4.90 Å². The highest BCUT2D eigenvalue weighted by atomic mass is 35.5. The summed E-state index contributed by atoms with van der Waals surface area (Å²) in [5.74, 6) is 0.832. The maximum Gasteiger partial charge on any atom is 0.218 e. The maximum atomic E-state index is 13.9. The quantitative estimate of drug-likeness (QED) is 0.946. The summed E-state index contributed by atoms with van der Waals surface area (Å²) in [5, 5.41) is 4.76. The highest BCUT2D eigenvalue weighted by Crippen LogP contribution is 2.32. The fraction of sp³-hybridized carbons (Fsp3) is 0.429. The molecule has 112 valence electrons. The Kier molecular flexibility index (Phi) is 3.82. The third-order valence-electron chi connectivity index (χ3n) is 3.86. The number of halogens is 2. The normalized spacial score (nSPS) is 19.3. The van der Waals surface area contributed by atoms with Gasteiger partial charge in [0.1, 0.15) is 5.82 Å². The lowest BCUT2D eigenvalue weighted by Gasteiger charge is -2.22. The molecule has 0 aliphatic carbocycles. The van der Waals surface area contributed by atoms with E-state index in [1.165, 1.54) is 6.07 Å². The summed E-state index contributed by atoms with van der Waals surface area (Å²) < 4.78 is 15.5. The summed E-state index contributed by atoms with van der Waals surface area (Å²) in [7, 11) is 1.77. The van der Waals surface area contributed by atoms with Gasteiger partial charge in [-0.1, -0.05) is 17.7 Å². The molecule has 2 heterocycles. The van der Waals surface area contributed by atoms with Gasteiger partial charge in [0.05, 0.1) is 6.04 Å². The smallest absolute Gasteiger partial charge is 0.218 e. The molecule has 1 fully saturated rings. The van der Waals surface area contributed by atoms with Gasteiger partial charge in [-0.25, -0.2) is 9.07 Å². The number of nitrogens with zero attached hydrogens (tertiary/aromatic N) is 4. The van der Waals surface area contributed by atoms with E-state index in [1.54, 1.807) is 23.9 Å². The number of hydrogen-bond acceptors (Lipinski definition) is 4. The van der Waals surface area contributed by atoms with Crippen molar-refractivity contribution in [3.05, 3.63) is 40.4 Å². The second kappa shape index (κ2) is 5.61. The maximum absolute atomic E-state index is 13.9. The molecule has 5 nitrogen and oxygen atoms in total. The number of nitrogens with two attached hydrogens (primary N) is 1. The van der Waals surface area contributed by atoms with Crippen LogP contribution in [0.3, 0.4) is 0 Å². The zero-order valence-electron chi connectivity index (χ0n) is 11.8. The predicted octanol–water partition coefficient (Wildman–Crippen LogP) is 2.53. The van der Waals surface area contributed by atoms with Gasteiger partial charge < -0.3 is 5.73 Å². The molecule has 1 saturated heterocycles. The standard InChI is InChI=1S/C14H17ClFN5/c1-20-14(17)18-13(19-20)12-3-2-6-21(12)8-9-4-5-10(15)7-11(9)16/h4-5,7,12H,2-3,6,8H2,1H3,(H2,17,18,19)/t12-/m0/s1. The Hall–Kier alpha value is -1.66. The fourth-order valence-electron chi connectivity index (χ4n) is 2.73. The van der Waals surface area contributed by atoms with Gasteiger partial charge in [0.25, 0.3) is 0 Å². The van der Waals surface area contributed by atoms with Crippen molar-refractivity contribution in [2.45, 2.75) is 25.4 Å². The van der Waals surface area contributed by atoms with Gasteiger partial charge in [0.2, 0.25) is 5.95 Å². The first-order valence-corrected chi connectivity index (χ1v) is 7.27. The van der Waals surface area contributed by atoms with Crippen LogP contribution in [0.4, 0.5) is 10.3 Å². The monoisotopic (exact) mass is 309 g/mol. The number of benzene rings is 1. The zero-order valence-corrected chi connectivity index (χ0v) is 12.5. The minimum absolute atomic E-state index is 0.0866. The Labute approximate surface area is 127 Å². The predicted molar refractivity (Wildman–Crippen MR) is 79.2 cm³/mol. The Morgan fingerprint density at radius 2 is 2.29 bits per heavy atom. The summed E-state index contributed by atoms with van der Waals surface area (Å²) in [6.07, 6.45) is 2.00. The number of likely N-dealkylation sites (tertiary alicyclic amines) is 1. The lowest BCUT2D eigenvalue weighted by atomic mass is 10.1. The van der Waals surface area contributed by atoms with E-state index in [-0.39, 0.29) is 11.9 Å². The Morgan fingerprint density at radius 3 is 2.95 bits per heavy atom. The molecule has 1 aliphatic heterocycles. The average Bonchev–Trinajstić information content (AvgIpc) is 3.01. The van der Waals surface area contributed by atoms with Gasteiger partial charge in [-0.05, 0) is 31.5 Å². The Bertz CT molecular complexity index is 637. The van der Waals surface area contributed by atoms with Crippen molar-refractivity contribution in [1.82, 2.24) is 19.7 Å². The van der Waals surface area contributed by atoms with Crippen molar-refractivity contribution in [1.29, 1.82) is 0 Å². The third kappa shape index (κ3) is 2.87. The van der Waals surface area contributed by atoms with Crippen LogP contribution in [0.25, 0.3) is 0 Å². The van der Waals surface area contributed by atoms with Crippen molar-refractivity contribution in [2.75, 3.05) is 12.3 Å². The van der Waals surface area contributed by atoms with Crippen LogP contribution in [-0.2, 0) is 13.6 Å². The lowest BCUT2D eigenvalue weighted by Crippen LogP contribution is -2.24. The van der Waals surface area contributed by atoms with Crippen LogP contribution in [-0.4, -0.2) is 26.2 Å². The molecule has 3 rings (SSSR count). The molecule has 2 N–H and O–H groups in total. The van der Waals surface area contributed by atoms with Crippen molar-refractivity contribution < 1.29 is 4.39 Å². The number of rotatable bonds is 3. The molecule has 1 atom stereocenters. The van der Waals surface area contributed by atoms with Gasteiger partial charge in [-0.2, -0.15) is 10.1 Å². The van der Waals surface area contributed by atoms with Crippen molar-refractivity contribution in [2.24, 2.45) is 7.05 Å². The van der Waals surface area contributed by atoms with Gasteiger partial charge in [-0.15, -0.1) is 0 Å². The minimum atomic E-state index is -0.276. The number of hydrogen-bond donors (Lipinski definition) is 1. The SMILES string of the molecule is Cn1nc([C@@H]2CCCN2Cc2ccc(Cl)cc2F)nc1N. The number of aromatic nitrogens is 3. The van der Waals surface area contributed by atoms with E-state index < -0.39 is 0 Å². The molecule has 0 saturated carbocycles. The molecule has 0 unspecified atom stereocenters. The van der Waals surface area contributed by atoms with Crippen molar-refractivity contribution >= 4 is 17.5 Å². The van der Waals surface area contributed by atoms with Crippen LogP contribution in [0.1, 0.15) is 30.3 Å². The Morgan fingerprint density at radius 1 is 1.48 bits per heavy atom.